The Hall–Kier alpha value is -3.71. The van der Waals surface area contributed by atoms with Gasteiger partial charge in [0, 0.05) is 6.54 Å². The van der Waals surface area contributed by atoms with Crippen molar-refractivity contribution in [1.82, 2.24) is 4.90 Å². The van der Waals surface area contributed by atoms with E-state index in [1.165, 1.54) is 17.3 Å². The number of aryl methyl sites for hydroxylation is 1. The molecule has 180 valence electrons. The number of carbonyl (C=O) groups excluding carboxylic acids is 1. The summed E-state index contributed by atoms with van der Waals surface area (Å²) in [6, 6.07) is 21.3. The number of benzene rings is 3. The second-order valence-electron chi connectivity index (χ2n) is 7.94. The second-order valence-corrected chi connectivity index (χ2v) is 8.95. The average Bonchev–Trinajstić information content (AvgIpc) is 3.17. The van der Waals surface area contributed by atoms with Gasteiger partial charge in [-0.1, -0.05) is 35.9 Å². The van der Waals surface area contributed by atoms with Gasteiger partial charge in [-0.25, -0.2) is 4.99 Å². The Bertz CT molecular complexity index is 1250. The molecule has 0 aliphatic carbocycles. The Balaban J connectivity index is 1.52. The van der Waals surface area contributed by atoms with Gasteiger partial charge in [0.1, 0.15) is 12.4 Å². The summed E-state index contributed by atoms with van der Waals surface area (Å²) < 4.78 is 16.7. The average molecular weight is 489 g/mol. The molecule has 0 atom stereocenters. The number of amides is 1. The largest absolute Gasteiger partial charge is 0.497 e. The first-order chi connectivity index (χ1) is 17.0. The van der Waals surface area contributed by atoms with E-state index in [4.69, 9.17) is 14.2 Å². The lowest BCUT2D eigenvalue weighted by Gasteiger charge is -2.12. The maximum atomic E-state index is 13.0. The lowest BCUT2D eigenvalue weighted by molar-refractivity contribution is -0.122. The van der Waals surface area contributed by atoms with Crippen molar-refractivity contribution in [2.75, 3.05) is 20.8 Å². The van der Waals surface area contributed by atoms with Crippen LogP contribution in [0.4, 0.5) is 5.69 Å². The van der Waals surface area contributed by atoms with Crippen molar-refractivity contribution in [2.45, 2.75) is 20.5 Å². The van der Waals surface area contributed by atoms with Crippen LogP contribution in [0.3, 0.4) is 0 Å². The fraction of sp³-hybridized carbons (Fsp3) is 0.214. The fourth-order valence-electron chi connectivity index (χ4n) is 3.53. The monoisotopic (exact) mass is 488 g/mol. The van der Waals surface area contributed by atoms with Crippen LogP contribution in [0, 0.1) is 6.92 Å². The number of likely N-dealkylation sites (N-methyl/N-ethyl adjacent to an activating group) is 1. The number of amidine groups is 1. The summed E-state index contributed by atoms with van der Waals surface area (Å²) in [5.41, 5.74) is 3.90. The number of rotatable bonds is 8. The normalized spacial score (nSPS) is 15.7. The molecule has 35 heavy (non-hydrogen) atoms. The van der Waals surface area contributed by atoms with E-state index >= 15 is 0 Å². The Morgan fingerprint density at radius 1 is 0.943 bits per heavy atom. The molecule has 7 heteroatoms. The third-order valence-electron chi connectivity index (χ3n) is 5.50. The number of methoxy groups -OCH3 is 2. The van der Waals surface area contributed by atoms with E-state index < -0.39 is 0 Å². The summed E-state index contributed by atoms with van der Waals surface area (Å²) in [6.07, 6.45) is 1.86. The number of thioether (sulfide) groups is 1. The summed E-state index contributed by atoms with van der Waals surface area (Å²) in [4.78, 5) is 20.0. The molecule has 3 aromatic carbocycles. The first-order valence-corrected chi connectivity index (χ1v) is 12.1. The highest BCUT2D eigenvalue weighted by molar-refractivity contribution is 8.18. The van der Waals surface area contributed by atoms with Crippen molar-refractivity contribution < 1.29 is 19.0 Å². The van der Waals surface area contributed by atoms with Gasteiger partial charge < -0.3 is 14.2 Å². The minimum absolute atomic E-state index is 0.0663. The number of hydrogen-bond acceptors (Lipinski definition) is 6. The summed E-state index contributed by atoms with van der Waals surface area (Å²) >= 11 is 1.36. The highest BCUT2D eigenvalue weighted by atomic mass is 32.2. The van der Waals surface area contributed by atoms with Crippen molar-refractivity contribution in [2.24, 2.45) is 4.99 Å². The van der Waals surface area contributed by atoms with Crippen LogP contribution >= 0.6 is 11.8 Å². The SMILES string of the molecule is CCN1C(=O)/C(=C/c2ccc(OCc3ccc(C)cc3)c(OC)c2)SC1=Nc1ccc(OC)cc1. The van der Waals surface area contributed by atoms with Crippen LogP contribution in [0.1, 0.15) is 23.6 Å². The van der Waals surface area contributed by atoms with Crippen LogP contribution in [0.25, 0.3) is 6.08 Å². The number of hydrogen-bond donors (Lipinski definition) is 0. The third-order valence-corrected chi connectivity index (χ3v) is 6.51. The minimum atomic E-state index is -0.0663. The molecule has 1 amide bonds. The van der Waals surface area contributed by atoms with Gasteiger partial charge in [0.05, 0.1) is 24.8 Å². The quantitative estimate of drug-likeness (QED) is 0.353. The Kier molecular flexibility index (Phi) is 7.77. The van der Waals surface area contributed by atoms with Gasteiger partial charge in [-0.05, 0) is 79.2 Å². The van der Waals surface area contributed by atoms with Gasteiger partial charge in [-0.2, -0.15) is 0 Å². The Morgan fingerprint density at radius 3 is 2.34 bits per heavy atom. The summed E-state index contributed by atoms with van der Waals surface area (Å²) in [6.45, 7) is 4.98. The molecule has 6 nitrogen and oxygen atoms in total. The van der Waals surface area contributed by atoms with Crippen LogP contribution in [-0.4, -0.2) is 36.7 Å². The van der Waals surface area contributed by atoms with E-state index in [1.54, 1.807) is 19.1 Å². The zero-order valence-electron chi connectivity index (χ0n) is 20.3. The zero-order chi connectivity index (χ0) is 24.8. The number of nitrogens with zero attached hydrogens (tertiary/aromatic N) is 2. The topological polar surface area (TPSA) is 60.4 Å². The molecule has 1 saturated heterocycles. The number of aliphatic imine (C=N–C) groups is 1. The second kappa shape index (κ2) is 11.1. The van der Waals surface area contributed by atoms with Crippen LogP contribution in [0.5, 0.6) is 17.2 Å². The lowest BCUT2D eigenvalue weighted by atomic mass is 10.1. The number of ether oxygens (including phenoxy) is 3. The first-order valence-electron chi connectivity index (χ1n) is 11.3. The molecule has 1 aliphatic heterocycles. The van der Waals surface area contributed by atoms with Crippen LogP contribution in [-0.2, 0) is 11.4 Å². The van der Waals surface area contributed by atoms with Crippen LogP contribution < -0.4 is 14.2 Å². The van der Waals surface area contributed by atoms with Crippen molar-refractivity contribution in [3.05, 3.63) is 88.3 Å². The predicted octanol–water partition coefficient (Wildman–Crippen LogP) is 6.22. The predicted molar refractivity (Wildman–Crippen MR) is 142 cm³/mol. The van der Waals surface area contributed by atoms with Crippen molar-refractivity contribution in [3.8, 4) is 17.2 Å². The van der Waals surface area contributed by atoms with E-state index in [1.807, 2.05) is 67.6 Å². The van der Waals surface area contributed by atoms with Gasteiger partial charge in [-0.15, -0.1) is 0 Å². The molecule has 1 heterocycles. The van der Waals surface area contributed by atoms with E-state index in [0.29, 0.717) is 34.7 Å². The Labute approximate surface area is 210 Å². The summed E-state index contributed by atoms with van der Waals surface area (Å²) in [5.74, 6) is 1.96. The van der Waals surface area contributed by atoms with E-state index in [2.05, 4.69) is 24.0 Å². The summed E-state index contributed by atoms with van der Waals surface area (Å²) in [5, 5.41) is 0.652. The minimum Gasteiger partial charge on any atom is -0.497 e. The molecular formula is C28H28N2O4S. The third kappa shape index (κ3) is 5.87. The van der Waals surface area contributed by atoms with Crippen molar-refractivity contribution in [1.29, 1.82) is 0 Å². The first kappa shape index (κ1) is 24.4. The molecular weight excluding hydrogens is 460 g/mol. The molecule has 0 N–H and O–H groups in total. The molecule has 1 aliphatic rings. The van der Waals surface area contributed by atoms with Gasteiger partial charge in [0.25, 0.3) is 5.91 Å². The lowest BCUT2D eigenvalue weighted by Crippen LogP contribution is -2.28. The summed E-state index contributed by atoms with van der Waals surface area (Å²) in [7, 11) is 3.24. The highest BCUT2D eigenvalue weighted by Crippen LogP contribution is 2.36. The van der Waals surface area contributed by atoms with Crippen LogP contribution in [0.15, 0.2) is 76.6 Å². The maximum Gasteiger partial charge on any atom is 0.266 e. The molecule has 0 radical (unpaired) electrons. The molecule has 4 rings (SSSR count). The van der Waals surface area contributed by atoms with Gasteiger partial charge >= 0.3 is 0 Å². The maximum absolute atomic E-state index is 13.0. The zero-order valence-corrected chi connectivity index (χ0v) is 21.1. The number of carbonyl (C=O) groups is 1. The van der Waals surface area contributed by atoms with Crippen LogP contribution in [0.2, 0.25) is 0 Å². The molecule has 0 saturated carbocycles. The van der Waals surface area contributed by atoms with Gasteiger partial charge in [0.2, 0.25) is 0 Å². The highest BCUT2D eigenvalue weighted by Gasteiger charge is 2.32. The van der Waals surface area contributed by atoms with E-state index in [-0.39, 0.29) is 5.91 Å². The van der Waals surface area contributed by atoms with E-state index in [0.717, 1.165) is 22.6 Å². The fourth-order valence-corrected chi connectivity index (χ4v) is 4.59. The molecule has 1 fully saturated rings. The van der Waals surface area contributed by atoms with Crippen molar-refractivity contribution >= 4 is 34.6 Å². The van der Waals surface area contributed by atoms with E-state index in [9.17, 15) is 4.79 Å². The molecule has 3 aromatic rings. The van der Waals surface area contributed by atoms with Gasteiger partial charge in [0.15, 0.2) is 16.7 Å². The molecule has 0 spiro atoms. The smallest absolute Gasteiger partial charge is 0.266 e. The molecule has 0 bridgehead atoms. The Morgan fingerprint density at radius 2 is 1.69 bits per heavy atom. The molecule has 0 unspecified atom stereocenters. The van der Waals surface area contributed by atoms with Crippen molar-refractivity contribution in [3.63, 3.8) is 0 Å². The standard InChI is InChI=1S/C28H28N2O4S/c1-5-30-27(31)26(35-28(30)29-22-11-13-23(32-3)14-12-22)17-21-10-15-24(25(16-21)33-4)34-18-20-8-6-19(2)7-9-20/h6-17H,5,18H2,1-4H3/b26-17-,29-28?. The van der Waals surface area contributed by atoms with Gasteiger partial charge in [-0.3, -0.25) is 9.69 Å². The molecule has 0 aromatic heterocycles.